The van der Waals surface area contributed by atoms with Crippen LogP contribution in [0.5, 0.6) is 0 Å². The number of nitrogens with zero attached hydrogens (tertiary/aromatic N) is 3. The van der Waals surface area contributed by atoms with E-state index in [1.165, 1.54) is 0 Å². The number of aliphatic hydroxyl groups excluding tert-OH is 1. The molecule has 6 nitrogen and oxygen atoms in total. The van der Waals surface area contributed by atoms with Gasteiger partial charge in [-0.3, -0.25) is 14.3 Å². The zero-order chi connectivity index (χ0) is 19.8. The van der Waals surface area contributed by atoms with Crippen molar-refractivity contribution in [1.82, 2.24) is 14.5 Å². The fourth-order valence-electron chi connectivity index (χ4n) is 4.19. The lowest BCUT2D eigenvalue weighted by molar-refractivity contribution is -0.0395. The molecule has 1 fully saturated rings. The summed E-state index contributed by atoms with van der Waals surface area (Å²) < 4.78 is 6.88. The third-order valence-corrected chi connectivity index (χ3v) is 5.64. The molecule has 0 radical (unpaired) electrons. The van der Waals surface area contributed by atoms with Gasteiger partial charge in [0.15, 0.2) is 0 Å². The minimum absolute atomic E-state index is 0.126. The number of benzene rings is 2. The molecule has 5 rings (SSSR count). The van der Waals surface area contributed by atoms with Gasteiger partial charge in [-0.2, -0.15) is 0 Å². The minimum atomic E-state index is -0.712. The first kappa shape index (κ1) is 18.0. The molecule has 2 atom stereocenters. The van der Waals surface area contributed by atoms with Crippen molar-refractivity contribution in [2.45, 2.75) is 25.0 Å². The number of rotatable bonds is 3. The largest absolute Gasteiger partial charge is 0.389 e. The zero-order valence-corrected chi connectivity index (χ0v) is 15.9. The Balaban J connectivity index is 1.72. The van der Waals surface area contributed by atoms with Gasteiger partial charge in [-0.05, 0) is 41.5 Å². The Labute approximate surface area is 167 Å². The van der Waals surface area contributed by atoms with Crippen molar-refractivity contribution >= 4 is 21.7 Å². The summed E-state index contributed by atoms with van der Waals surface area (Å²) in [5.41, 5.74) is 2.71. The number of pyridine rings is 1. The molecule has 0 aliphatic carbocycles. The van der Waals surface area contributed by atoms with Crippen LogP contribution >= 0.6 is 0 Å². The van der Waals surface area contributed by atoms with E-state index >= 15 is 0 Å². The first-order valence-electron chi connectivity index (χ1n) is 9.78. The number of aromatic nitrogens is 3. The molecule has 6 heteroatoms. The predicted molar refractivity (Wildman–Crippen MR) is 111 cm³/mol. The normalized spacial score (nSPS) is 19.6. The molecule has 1 saturated heterocycles. The summed E-state index contributed by atoms with van der Waals surface area (Å²) in [6.45, 7) is 0.759. The average molecular weight is 387 g/mol. The maximum absolute atomic E-state index is 13.4. The van der Waals surface area contributed by atoms with Gasteiger partial charge >= 0.3 is 0 Å². The van der Waals surface area contributed by atoms with Crippen LogP contribution in [0.3, 0.4) is 0 Å². The molecule has 3 heterocycles. The standard InChI is InChI=1S/C23H21N3O3/c27-21-13-29-9-7-20(21)26-14-25-22-18-6-2-1-5-17(18)16(11-19(22)23(26)28)10-15-4-3-8-24-12-15/h1-6,8,11-12,14,20-21,27H,7,9-10,13H2/t20-,21-/m0/s1. The van der Waals surface area contributed by atoms with Crippen molar-refractivity contribution in [3.05, 3.63) is 82.7 Å². The van der Waals surface area contributed by atoms with E-state index in [2.05, 4.69) is 16.0 Å². The van der Waals surface area contributed by atoms with E-state index in [0.717, 1.165) is 21.9 Å². The van der Waals surface area contributed by atoms with Gasteiger partial charge in [0.2, 0.25) is 0 Å². The van der Waals surface area contributed by atoms with Crippen molar-refractivity contribution in [3.63, 3.8) is 0 Å². The fourth-order valence-corrected chi connectivity index (χ4v) is 4.19. The molecule has 2 aromatic heterocycles. The van der Waals surface area contributed by atoms with E-state index in [1.54, 1.807) is 17.1 Å². The summed E-state index contributed by atoms with van der Waals surface area (Å²) in [4.78, 5) is 22.2. The predicted octanol–water partition coefficient (Wildman–Crippen LogP) is 2.86. The SMILES string of the molecule is O=c1c2cc(Cc3cccnc3)c3ccccc3c2ncn1[C@H]1CCOC[C@@H]1O. The van der Waals surface area contributed by atoms with E-state index < -0.39 is 6.10 Å². The number of ether oxygens (including phenoxy) is 1. The van der Waals surface area contributed by atoms with Gasteiger partial charge < -0.3 is 9.84 Å². The zero-order valence-electron chi connectivity index (χ0n) is 15.9. The van der Waals surface area contributed by atoms with E-state index in [4.69, 9.17) is 4.74 Å². The van der Waals surface area contributed by atoms with E-state index in [0.29, 0.717) is 30.4 Å². The molecular formula is C23H21N3O3. The maximum Gasteiger partial charge on any atom is 0.261 e. The van der Waals surface area contributed by atoms with Crippen molar-refractivity contribution in [2.75, 3.05) is 13.2 Å². The first-order valence-corrected chi connectivity index (χ1v) is 9.78. The van der Waals surface area contributed by atoms with Crippen LogP contribution in [-0.4, -0.2) is 39.0 Å². The number of aliphatic hydroxyl groups is 1. The molecule has 0 saturated carbocycles. The number of fused-ring (bicyclic) bond motifs is 3. The van der Waals surface area contributed by atoms with Crippen molar-refractivity contribution in [3.8, 4) is 0 Å². The Kier molecular flexibility index (Phi) is 4.58. The quantitative estimate of drug-likeness (QED) is 0.547. The second-order valence-corrected chi connectivity index (χ2v) is 7.47. The lowest BCUT2D eigenvalue weighted by Crippen LogP contribution is -2.39. The van der Waals surface area contributed by atoms with Crippen LogP contribution < -0.4 is 5.56 Å². The first-order chi connectivity index (χ1) is 14.2. The summed E-state index contributed by atoms with van der Waals surface area (Å²) in [5, 5.41) is 12.9. The molecule has 0 bridgehead atoms. The molecule has 1 aliphatic heterocycles. The molecule has 29 heavy (non-hydrogen) atoms. The van der Waals surface area contributed by atoms with Gasteiger partial charge in [0, 0.05) is 24.4 Å². The highest BCUT2D eigenvalue weighted by molar-refractivity contribution is 6.06. The summed E-state index contributed by atoms with van der Waals surface area (Å²) in [5.74, 6) is 0. The summed E-state index contributed by atoms with van der Waals surface area (Å²) in [7, 11) is 0. The Hall–Kier alpha value is -3.09. The summed E-state index contributed by atoms with van der Waals surface area (Å²) in [6, 6.07) is 13.6. The highest BCUT2D eigenvalue weighted by atomic mass is 16.5. The van der Waals surface area contributed by atoms with Gasteiger partial charge in [0.25, 0.3) is 5.56 Å². The molecule has 2 aromatic carbocycles. The van der Waals surface area contributed by atoms with Crippen LogP contribution in [0.1, 0.15) is 23.6 Å². The number of hydrogen-bond donors (Lipinski definition) is 1. The topological polar surface area (TPSA) is 77.2 Å². The second kappa shape index (κ2) is 7.39. The van der Waals surface area contributed by atoms with Gasteiger partial charge in [0.05, 0.1) is 36.0 Å². The van der Waals surface area contributed by atoms with Crippen LogP contribution in [-0.2, 0) is 11.2 Å². The van der Waals surface area contributed by atoms with E-state index in [1.807, 2.05) is 42.6 Å². The molecule has 0 unspecified atom stereocenters. The maximum atomic E-state index is 13.4. The van der Waals surface area contributed by atoms with Crippen LogP contribution in [0.15, 0.2) is 66.0 Å². The lowest BCUT2D eigenvalue weighted by atomic mass is 9.96. The molecule has 4 aromatic rings. The monoisotopic (exact) mass is 387 g/mol. The third-order valence-electron chi connectivity index (χ3n) is 5.64. The highest BCUT2D eigenvalue weighted by Crippen LogP contribution is 2.28. The average Bonchev–Trinajstić information content (AvgIpc) is 2.76. The minimum Gasteiger partial charge on any atom is -0.389 e. The Morgan fingerprint density at radius 1 is 1.14 bits per heavy atom. The molecule has 146 valence electrons. The van der Waals surface area contributed by atoms with E-state index in [9.17, 15) is 9.90 Å². The van der Waals surface area contributed by atoms with Crippen molar-refractivity contribution < 1.29 is 9.84 Å². The van der Waals surface area contributed by atoms with E-state index in [-0.39, 0.29) is 18.2 Å². The third kappa shape index (κ3) is 3.20. The van der Waals surface area contributed by atoms with Gasteiger partial charge in [-0.1, -0.05) is 30.3 Å². The van der Waals surface area contributed by atoms with Crippen LogP contribution in [0, 0.1) is 0 Å². The molecule has 0 spiro atoms. The number of hydrogen-bond acceptors (Lipinski definition) is 5. The van der Waals surface area contributed by atoms with Gasteiger partial charge in [-0.15, -0.1) is 0 Å². The molecular weight excluding hydrogens is 366 g/mol. The Morgan fingerprint density at radius 3 is 2.79 bits per heavy atom. The highest BCUT2D eigenvalue weighted by Gasteiger charge is 2.27. The molecule has 1 aliphatic rings. The van der Waals surface area contributed by atoms with Crippen LogP contribution in [0.25, 0.3) is 21.7 Å². The smallest absolute Gasteiger partial charge is 0.261 e. The van der Waals surface area contributed by atoms with Gasteiger partial charge in [-0.25, -0.2) is 4.98 Å². The van der Waals surface area contributed by atoms with Crippen LogP contribution in [0.2, 0.25) is 0 Å². The molecule has 0 amide bonds. The molecule has 1 N–H and O–H groups in total. The summed E-state index contributed by atoms with van der Waals surface area (Å²) >= 11 is 0. The lowest BCUT2D eigenvalue weighted by Gasteiger charge is -2.29. The van der Waals surface area contributed by atoms with Crippen molar-refractivity contribution in [1.29, 1.82) is 0 Å². The Morgan fingerprint density at radius 2 is 2.00 bits per heavy atom. The fraction of sp³-hybridized carbons (Fsp3) is 0.261. The van der Waals surface area contributed by atoms with Crippen LogP contribution in [0.4, 0.5) is 0 Å². The summed E-state index contributed by atoms with van der Waals surface area (Å²) in [6.07, 6.45) is 5.72. The Bertz CT molecular complexity index is 1240. The van der Waals surface area contributed by atoms with Gasteiger partial charge in [0.1, 0.15) is 0 Å². The second-order valence-electron chi connectivity index (χ2n) is 7.47. The van der Waals surface area contributed by atoms with Crippen molar-refractivity contribution in [2.24, 2.45) is 0 Å².